The predicted molar refractivity (Wildman–Crippen MR) is 105 cm³/mol. The number of nitrogens with zero attached hydrogens (tertiary/aromatic N) is 1. The lowest BCUT2D eigenvalue weighted by atomic mass is 10.1. The number of benzene rings is 2. The van der Waals surface area contributed by atoms with Crippen molar-refractivity contribution >= 4 is 39.9 Å². The number of hydrogen-bond acceptors (Lipinski definition) is 3. The van der Waals surface area contributed by atoms with Crippen molar-refractivity contribution in [1.82, 2.24) is 4.90 Å². The molecule has 124 valence electrons. The standard InChI is InChI=1S/C19H19IN2O2/c20-16-8-4-5-9-17(16)21-18(15-6-2-1-3-7-15)14-19(23)22-10-12-24-13-11-22/h1-9,14,21H,10-13H2/b18-14-. The third-order valence-electron chi connectivity index (χ3n) is 3.82. The Balaban J connectivity index is 1.88. The Morgan fingerprint density at radius 3 is 2.42 bits per heavy atom. The van der Waals surface area contributed by atoms with Gasteiger partial charge >= 0.3 is 0 Å². The minimum absolute atomic E-state index is 0.00981. The Bertz CT molecular complexity index is 725. The Labute approximate surface area is 155 Å². The molecule has 0 aromatic heterocycles. The number of para-hydroxylation sites is 1. The number of amides is 1. The molecular formula is C19H19IN2O2. The van der Waals surface area contributed by atoms with E-state index in [9.17, 15) is 4.79 Å². The van der Waals surface area contributed by atoms with E-state index in [1.54, 1.807) is 6.08 Å². The molecule has 1 aliphatic rings. The molecule has 0 spiro atoms. The molecule has 1 N–H and O–H groups in total. The fourth-order valence-electron chi connectivity index (χ4n) is 2.52. The number of halogens is 1. The lowest BCUT2D eigenvalue weighted by Gasteiger charge is -2.26. The lowest BCUT2D eigenvalue weighted by molar-refractivity contribution is -0.129. The van der Waals surface area contributed by atoms with Crippen molar-refractivity contribution in [1.29, 1.82) is 0 Å². The largest absolute Gasteiger partial charge is 0.378 e. The molecule has 24 heavy (non-hydrogen) atoms. The first kappa shape index (κ1) is 17.0. The van der Waals surface area contributed by atoms with Crippen molar-refractivity contribution in [3.63, 3.8) is 0 Å². The summed E-state index contributed by atoms with van der Waals surface area (Å²) in [5.74, 6) is 0.00981. The quantitative estimate of drug-likeness (QED) is 0.591. The average Bonchev–Trinajstić information content (AvgIpc) is 2.64. The molecule has 2 aromatic rings. The van der Waals surface area contributed by atoms with Crippen LogP contribution in [0.5, 0.6) is 0 Å². The van der Waals surface area contributed by atoms with Gasteiger partial charge in [0.05, 0.1) is 24.6 Å². The lowest BCUT2D eigenvalue weighted by Crippen LogP contribution is -2.40. The van der Waals surface area contributed by atoms with E-state index >= 15 is 0 Å². The van der Waals surface area contributed by atoms with E-state index in [1.165, 1.54) is 0 Å². The van der Waals surface area contributed by atoms with Crippen LogP contribution in [0.15, 0.2) is 60.7 Å². The summed E-state index contributed by atoms with van der Waals surface area (Å²) in [6.07, 6.45) is 1.68. The highest BCUT2D eigenvalue weighted by atomic mass is 127. The second-order valence-corrected chi connectivity index (χ2v) is 6.63. The van der Waals surface area contributed by atoms with E-state index in [0.717, 1.165) is 20.5 Å². The van der Waals surface area contributed by atoms with E-state index in [-0.39, 0.29) is 5.91 Å². The van der Waals surface area contributed by atoms with Gasteiger partial charge in [0, 0.05) is 22.7 Å². The molecule has 5 heteroatoms. The summed E-state index contributed by atoms with van der Waals surface area (Å²) >= 11 is 2.29. The number of ether oxygens (including phenoxy) is 1. The van der Waals surface area contributed by atoms with Gasteiger partial charge in [-0.1, -0.05) is 42.5 Å². The molecule has 1 saturated heterocycles. The first-order chi connectivity index (χ1) is 11.7. The summed E-state index contributed by atoms with van der Waals surface area (Å²) in [4.78, 5) is 14.4. The molecule has 3 rings (SSSR count). The van der Waals surface area contributed by atoms with Gasteiger partial charge in [0.15, 0.2) is 0 Å². The minimum atomic E-state index is 0.00981. The van der Waals surface area contributed by atoms with E-state index in [0.29, 0.717) is 26.3 Å². The number of morpholine rings is 1. The second-order valence-electron chi connectivity index (χ2n) is 5.47. The predicted octanol–water partition coefficient (Wildman–Crippen LogP) is 3.60. The molecule has 0 bridgehead atoms. The number of rotatable bonds is 4. The first-order valence-electron chi connectivity index (χ1n) is 7.89. The Morgan fingerprint density at radius 1 is 1.04 bits per heavy atom. The summed E-state index contributed by atoms with van der Waals surface area (Å²) in [7, 11) is 0. The maximum absolute atomic E-state index is 12.6. The van der Waals surface area contributed by atoms with Gasteiger partial charge in [0.2, 0.25) is 5.91 Å². The van der Waals surface area contributed by atoms with Gasteiger partial charge in [-0.05, 0) is 40.3 Å². The van der Waals surface area contributed by atoms with Gasteiger partial charge < -0.3 is 15.0 Å². The second kappa shape index (κ2) is 8.30. The number of hydrogen-bond donors (Lipinski definition) is 1. The molecule has 0 radical (unpaired) electrons. The third kappa shape index (κ3) is 4.36. The van der Waals surface area contributed by atoms with Crippen LogP contribution >= 0.6 is 22.6 Å². The summed E-state index contributed by atoms with van der Waals surface area (Å²) in [5, 5.41) is 3.41. The van der Waals surface area contributed by atoms with E-state index in [1.807, 2.05) is 59.5 Å². The topological polar surface area (TPSA) is 41.6 Å². The van der Waals surface area contributed by atoms with Crippen molar-refractivity contribution in [2.24, 2.45) is 0 Å². The Morgan fingerprint density at radius 2 is 1.71 bits per heavy atom. The van der Waals surface area contributed by atoms with Crippen LogP contribution in [0.3, 0.4) is 0 Å². The maximum atomic E-state index is 12.6. The molecule has 1 aliphatic heterocycles. The average molecular weight is 434 g/mol. The van der Waals surface area contributed by atoms with Crippen molar-refractivity contribution in [2.75, 3.05) is 31.6 Å². The number of anilines is 1. The molecule has 0 unspecified atom stereocenters. The summed E-state index contributed by atoms with van der Waals surface area (Å²) in [5.41, 5.74) is 2.78. The highest BCUT2D eigenvalue weighted by Crippen LogP contribution is 2.23. The number of carbonyl (C=O) groups is 1. The van der Waals surface area contributed by atoms with Crippen molar-refractivity contribution in [3.8, 4) is 0 Å². The Kier molecular flexibility index (Phi) is 5.87. The van der Waals surface area contributed by atoms with Crippen LogP contribution in [0, 0.1) is 3.57 Å². The van der Waals surface area contributed by atoms with Crippen LogP contribution in [-0.2, 0) is 9.53 Å². The molecular weight excluding hydrogens is 415 g/mol. The van der Waals surface area contributed by atoms with Crippen molar-refractivity contribution < 1.29 is 9.53 Å². The number of nitrogens with one attached hydrogen (secondary N) is 1. The van der Waals surface area contributed by atoms with Crippen LogP contribution in [0.1, 0.15) is 5.56 Å². The summed E-state index contributed by atoms with van der Waals surface area (Å²) < 4.78 is 6.43. The van der Waals surface area contributed by atoms with E-state index < -0.39 is 0 Å². The summed E-state index contributed by atoms with van der Waals surface area (Å²) in [6, 6.07) is 17.9. The molecule has 1 fully saturated rings. The van der Waals surface area contributed by atoms with Crippen molar-refractivity contribution in [3.05, 3.63) is 69.8 Å². The van der Waals surface area contributed by atoms with Crippen LogP contribution in [0.2, 0.25) is 0 Å². The normalized spacial score (nSPS) is 15.2. The fraction of sp³-hybridized carbons (Fsp3) is 0.211. The van der Waals surface area contributed by atoms with Crippen LogP contribution < -0.4 is 5.32 Å². The molecule has 0 atom stereocenters. The minimum Gasteiger partial charge on any atom is -0.378 e. The van der Waals surface area contributed by atoms with Gasteiger partial charge in [-0.15, -0.1) is 0 Å². The third-order valence-corrected chi connectivity index (χ3v) is 4.76. The molecule has 0 aliphatic carbocycles. The zero-order chi connectivity index (χ0) is 16.8. The number of carbonyl (C=O) groups excluding carboxylic acids is 1. The first-order valence-corrected chi connectivity index (χ1v) is 8.97. The van der Waals surface area contributed by atoms with Crippen LogP contribution in [-0.4, -0.2) is 37.1 Å². The highest BCUT2D eigenvalue weighted by molar-refractivity contribution is 14.1. The van der Waals surface area contributed by atoms with Crippen LogP contribution in [0.25, 0.3) is 5.70 Å². The van der Waals surface area contributed by atoms with Gasteiger partial charge in [0.1, 0.15) is 0 Å². The fourth-order valence-corrected chi connectivity index (χ4v) is 3.04. The van der Waals surface area contributed by atoms with Crippen LogP contribution in [0.4, 0.5) is 5.69 Å². The van der Waals surface area contributed by atoms with Gasteiger partial charge in [-0.3, -0.25) is 4.79 Å². The van der Waals surface area contributed by atoms with E-state index in [2.05, 4.69) is 27.9 Å². The van der Waals surface area contributed by atoms with Gasteiger partial charge in [-0.25, -0.2) is 0 Å². The highest BCUT2D eigenvalue weighted by Gasteiger charge is 2.16. The Hall–Kier alpha value is -1.86. The summed E-state index contributed by atoms with van der Waals surface area (Å²) in [6.45, 7) is 2.48. The van der Waals surface area contributed by atoms with Crippen molar-refractivity contribution in [2.45, 2.75) is 0 Å². The zero-order valence-electron chi connectivity index (χ0n) is 13.2. The SMILES string of the molecule is O=C(/C=C(\Nc1ccccc1I)c1ccccc1)N1CCOCC1. The maximum Gasteiger partial charge on any atom is 0.248 e. The van der Waals surface area contributed by atoms with Gasteiger partial charge in [0.25, 0.3) is 0 Å². The van der Waals surface area contributed by atoms with E-state index in [4.69, 9.17) is 4.74 Å². The monoisotopic (exact) mass is 434 g/mol. The molecule has 2 aromatic carbocycles. The molecule has 1 heterocycles. The molecule has 4 nitrogen and oxygen atoms in total. The molecule has 0 saturated carbocycles. The van der Waals surface area contributed by atoms with Gasteiger partial charge in [-0.2, -0.15) is 0 Å². The molecule has 1 amide bonds. The zero-order valence-corrected chi connectivity index (χ0v) is 15.4. The smallest absolute Gasteiger partial charge is 0.248 e.